The SMILES string of the molecule is CC(NCC(=O)N(C1CCCC1)C1CCS(=O)(=O)C1)c1ccc2c(c1)CCCC2. The Balaban J connectivity index is 1.41. The summed E-state index contributed by atoms with van der Waals surface area (Å²) in [6.07, 6.45) is 9.73. The number of nitrogens with zero attached hydrogens (tertiary/aromatic N) is 1. The van der Waals surface area contributed by atoms with E-state index in [-0.39, 0.29) is 42.1 Å². The molecule has 1 aromatic rings. The van der Waals surface area contributed by atoms with Gasteiger partial charge in [-0.15, -0.1) is 0 Å². The highest BCUT2D eigenvalue weighted by Crippen LogP contribution is 2.29. The Morgan fingerprint density at radius 3 is 2.48 bits per heavy atom. The first-order chi connectivity index (χ1) is 13.9. The van der Waals surface area contributed by atoms with Gasteiger partial charge in [0, 0.05) is 18.1 Å². The van der Waals surface area contributed by atoms with E-state index in [1.54, 1.807) is 0 Å². The number of nitrogens with one attached hydrogen (secondary N) is 1. The van der Waals surface area contributed by atoms with E-state index in [4.69, 9.17) is 0 Å². The van der Waals surface area contributed by atoms with Gasteiger partial charge in [0.2, 0.25) is 5.91 Å². The molecule has 0 aromatic heterocycles. The average Bonchev–Trinajstić information content (AvgIpc) is 3.36. The van der Waals surface area contributed by atoms with Crippen molar-refractivity contribution in [3.63, 3.8) is 0 Å². The van der Waals surface area contributed by atoms with Crippen LogP contribution in [-0.2, 0) is 27.5 Å². The molecule has 2 aliphatic carbocycles. The molecule has 160 valence electrons. The molecule has 2 atom stereocenters. The monoisotopic (exact) mass is 418 g/mol. The van der Waals surface area contributed by atoms with Crippen LogP contribution in [0.3, 0.4) is 0 Å². The number of amides is 1. The van der Waals surface area contributed by atoms with E-state index in [1.807, 2.05) is 4.90 Å². The summed E-state index contributed by atoms with van der Waals surface area (Å²) >= 11 is 0. The minimum absolute atomic E-state index is 0.0591. The number of rotatable bonds is 6. The normalized spacial score (nSPS) is 24.9. The second kappa shape index (κ2) is 8.76. The fraction of sp³-hybridized carbons (Fsp3) is 0.696. The van der Waals surface area contributed by atoms with Crippen LogP contribution in [0.2, 0.25) is 0 Å². The summed E-state index contributed by atoms with van der Waals surface area (Å²) in [5, 5.41) is 3.41. The fourth-order valence-electron chi connectivity index (χ4n) is 5.35. The summed E-state index contributed by atoms with van der Waals surface area (Å²) in [6, 6.07) is 6.90. The molecule has 1 N–H and O–H groups in total. The third kappa shape index (κ3) is 4.85. The van der Waals surface area contributed by atoms with Crippen LogP contribution in [0.5, 0.6) is 0 Å². The molecule has 0 spiro atoms. The summed E-state index contributed by atoms with van der Waals surface area (Å²) in [5.74, 6) is 0.409. The number of hydrogen-bond donors (Lipinski definition) is 1. The molecule has 3 aliphatic rings. The molecule has 4 rings (SSSR count). The van der Waals surface area contributed by atoms with Crippen molar-refractivity contribution in [2.24, 2.45) is 0 Å². The number of carbonyl (C=O) groups excluding carboxylic acids is 1. The molecule has 2 fully saturated rings. The fourth-order valence-corrected chi connectivity index (χ4v) is 7.07. The minimum atomic E-state index is -3.00. The van der Waals surface area contributed by atoms with Gasteiger partial charge in [-0.2, -0.15) is 0 Å². The van der Waals surface area contributed by atoms with Crippen molar-refractivity contribution >= 4 is 15.7 Å². The molecule has 1 heterocycles. The summed E-state index contributed by atoms with van der Waals surface area (Å²) in [7, 11) is -3.00. The van der Waals surface area contributed by atoms with Gasteiger partial charge in [-0.3, -0.25) is 4.79 Å². The number of carbonyl (C=O) groups is 1. The quantitative estimate of drug-likeness (QED) is 0.771. The van der Waals surface area contributed by atoms with Gasteiger partial charge in [0.05, 0.1) is 18.1 Å². The van der Waals surface area contributed by atoms with Crippen LogP contribution in [0.4, 0.5) is 0 Å². The van der Waals surface area contributed by atoms with Crippen molar-refractivity contribution in [1.82, 2.24) is 10.2 Å². The van der Waals surface area contributed by atoms with E-state index >= 15 is 0 Å². The van der Waals surface area contributed by atoms with Crippen LogP contribution in [-0.4, -0.2) is 49.4 Å². The average molecular weight is 419 g/mol. The highest BCUT2D eigenvalue weighted by atomic mass is 32.2. The molecule has 6 heteroatoms. The third-order valence-electron chi connectivity index (χ3n) is 7.04. The number of sulfone groups is 1. The summed E-state index contributed by atoms with van der Waals surface area (Å²) in [6.45, 7) is 2.38. The molecular weight excluding hydrogens is 384 g/mol. The van der Waals surface area contributed by atoms with Gasteiger partial charge in [0.25, 0.3) is 0 Å². The summed E-state index contributed by atoms with van der Waals surface area (Å²) in [5.41, 5.74) is 4.16. The molecule has 2 unspecified atom stereocenters. The zero-order valence-electron chi connectivity index (χ0n) is 17.5. The van der Waals surface area contributed by atoms with Gasteiger partial charge in [-0.25, -0.2) is 8.42 Å². The Labute approximate surface area is 175 Å². The zero-order valence-corrected chi connectivity index (χ0v) is 18.3. The van der Waals surface area contributed by atoms with E-state index in [0.717, 1.165) is 32.1 Å². The first-order valence-electron chi connectivity index (χ1n) is 11.3. The second-order valence-corrected chi connectivity index (χ2v) is 11.4. The van der Waals surface area contributed by atoms with Crippen LogP contribution < -0.4 is 5.32 Å². The molecule has 5 nitrogen and oxygen atoms in total. The molecule has 1 aliphatic heterocycles. The Kier molecular flexibility index (Phi) is 6.30. The van der Waals surface area contributed by atoms with E-state index in [1.165, 1.54) is 36.0 Å². The Morgan fingerprint density at radius 1 is 1.07 bits per heavy atom. The largest absolute Gasteiger partial charge is 0.335 e. The molecular formula is C23H34N2O3S. The molecule has 0 radical (unpaired) electrons. The Morgan fingerprint density at radius 2 is 1.79 bits per heavy atom. The van der Waals surface area contributed by atoms with Crippen molar-refractivity contribution in [3.05, 3.63) is 34.9 Å². The van der Waals surface area contributed by atoms with Gasteiger partial charge in [0.1, 0.15) is 0 Å². The van der Waals surface area contributed by atoms with E-state index in [2.05, 4.69) is 30.4 Å². The van der Waals surface area contributed by atoms with Crippen LogP contribution >= 0.6 is 0 Å². The molecule has 1 amide bonds. The standard InChI is InChI=1S/C23H34N2O3S/c1-17(19-11-10-18-6-2-3-7-20(18)14-19)24-15-23(26)25(21-8-4-5-9-21)22-12-13-29(27,28)16-22/h10-11,14,17,21-22,24H,2-9,12-13,15-16H2,1H3. The molecule has 1 saturated carbocycles. The third-order valence-corrected chi connectivity index (χ3v) is 8.79. The lowest BCUT2D eigenvalue weighted by Crippen LogP contribution is -2.50. The maximum absolute atomic E-state index is 13.2. The van der Waals surface area contributed by atoms with Crippen molar-refractivity contribution in [2.75, 3.05) is 18.1 Å². The number of aryl methyl sites for hydroxylation is 2. The van der Waals surface area contributed by atoms with Crippen LogP contribution in [0.15, 0.2) is 18.2 Å². The van der Waals surface area contributed by atoms with E-state index < -0.39 is 9.84 Å². The zero-order chi connectivity index (χ0) is 20.4. The first-order valence-corrected chi connectivity index (χ1v) is 13.1. The molecule has 1 saturated heterocycles. The molecule has 0 bridgehead atoms. The van der Waals surface area contributed by atoms with Crippen molar-refractivity contribution in [3.8, 4) is 0 Å². The summed E-state index contributed by atoms with van der Waals surface area (Å²) < 4.78 is 24.0. The molecule has 29 heavy (non-hydrogen) atoms. The lowest BCUT2D eigenvalue weighted by atomic mass is 9.89. The maximum Gasteiger partial charge on any atom is 0.237 e. The summed E-state index contributed by atoms with van der Waals surface area (Å²) in [4.78, 5) is 15.1. The maximum atomic E-state index is 13.2. The predicted octanol–water partition coefficient (Wildman–Crippen LogP) is 3.17. The molecule has 1 aromatic carbocycles. The second-order valence-electron chi connectivity index (χ2n) is 9.13. The van der Waals surface area contributed by atoms with Gasteiger partial charge < -0.3 is 10.2 Å². The van der Waals surface area contributed by atoms with E-state index in [9.17, 15) is 13.2 Å². The number of fused-ring (bicyclic) bond motifs is 1. The van der Waals surface area contributed by atoms with Crippen LogP contribution in [0, 0.1) is 0 Å². The van der Waals surface area contributed by atoms with Crippen molar-refractivity contribution in [2.45, 2.75) is 82.8 Å². The highest BCUT2D eigenvalue weighted by molar-refractivity contribution is 7.91. The topological polar surface area (TPSA) is 66.5 Å². The Bertz CT molecular complexity index is 846. The Hall–Kier alpha value is -1.40. The van der Waals surface area contributed by atoms with E-state index in [0.29, 0.717) is 6.42 Å². The number of benzene rings is 1. The lowest BCUT2D eigenvalue weighted by Gasteiger charge is -2.34. The van der Waals surface area contributed by atoms with Crippen LogP contribution in [0.1, 0.15) is 74.6 Å². The van der Waals surface area contributed by atoms with Gasteiger partial charge >= 0.3 is 0 Å². The van der Waals surface area contributed by atoms with Crippen LogP contribution in [0.25, 0.3) is 0 Å². The minimum Gasteiger partial charge on any atom is -0.335 e. The predicted molar refractivity (Wildman–Crippen MR) is 116 cm³/mol. The smallest absolute Gasteiger partial charge is 0.237 e. The van der Waals surface area contributed by atoms with Gasteiger partial charge in [-0.05, 0) is 68.6 Å². The lowest BCUT2D eigenvalue weighted by molar-refractivity contribution is -0.134. The van der Waals surface area contributed by atoms with Gasteiger partial charge in [-0.1, -0.05) is 31.0 Å². The first kappa shape index (κ1) is 20.9. The van der Waals surface area contributed by atoms with Crippen molar-refractivity contribution < 1.29 is 13.2 Å². The number of hydrogen-bond acceptors (Lipinski definition) is 4. The van der Waals surface area contributed by atoms with Crippen molar-refractivity contribution in [1.29, 1.82) is 0 Å². The van der Waals surface area contributed by atoms with Gasteiger partial charge in [0.15, 0.2) is 9.84 Å². The highest BCUT2D eigenvalue weighted by Gasteiger charge is 2.38.